The fraction of sp³-hybridized carbons (Fsp3) is 0.188. The third kappa shape index (κ3) is 2.91. The van der Waals surface area contributed by atoms with Gasteiger partial charge in [-0.1, -0.05) is 30.3 Å². The van der Waals surface area contributed by atoms with Gasteiger partial charge in [-0.25, -0.2) is 5.43 Å². The van der Waals surface area contributed by atoms with E-state index in [4.69, 9.17) is 0 Å². The highest BCUT2D eigenvalue weighted by Gasteiger charge is 2.29. The van der Waals surface area contributed by atoms with Crippen molar-refractivity contribution in [3.63, 3.8) is 0 Å². The third-order valence-electron chi connectivity index (χ3n) is 3.23. The molecule has 0 saturated heterocycles. The molecule has 3 rings (SSSR count). The van der Waals surface area contributed by atoms with Crippen molar-refractivity contribution in [1.82, 2.24) is 10.4 Å². The summed E-state index contributed by atoms with van der Waals surface area (Å²) in [6.45, 7) is 0. The van der Waals surface area contributed by atoms with E-state index in [9.17, 15) is 4.79 Å². The molecule has 1 N–H and O–H groups in total. The summed E-state index contributed by atoms with van der Waals surface area (Å²) < 4.78 is 0. The van der Waals surface area contributed by atoms with Crippen molar-refractivity contribution in [3.8, 4) is 0 Å². The second-order valence-electron chi connectivity index (χ2n) is 4.81. The van der Waals surface area contributed by atoms with Crippen LogP contribution in [-0.2, 0) is 4.79 Å². The fourth-order valence-corrected chi connectivity index (χ4v) is 1.95. The molecule has 100 valence electrons. The number of hydrogen-bond acceptors (Lipinski definition) is 3. The molecule has 1 aliphatic rings. The molecule has 1 amide bonds. The van der Waals surface area contributed by atoms with Gasteiger partial charge in [-0.3, -0.25) is 9.78 Å². The maximum absolute atomic E-state index is 11.7. The zero-order valence-electron chi connectivity index (χ0n) is 11.0. The monoisotopic (exact) mass is 265 g/mol. The predicted octanol–water partition coefficient (Wildman–Crippen LogP) is 2.36. The molecule has 20 heavy (non-hydrogen) atoms. The molecule has 0 atom stereocenters. The Morgan fingerprint density at radius 3 is 2.35 bits per heavy atom. The van der Waals surface area contributed by atoms with E-state index >= 15 is 0 Å². The van der Waals surface area contributed by atoms with Crippen molar-refractivity contribution in [1.29, 1.82) is 0 Å². The lowest BCUT2D eigenvalue weighted by molar-refractivity contribution is -0.122. The van der Waals surface area contributed by atoms with Crippen LogP contribution in [0.5, 0.6) is 0 Å². The van der Waals surface area contributed by atoms with E-state index in [1.54, 1.807) is 12.4 Å². The minimum atomic E-state index is 0.00693. The van der Waals surface area contributed by atoms with E-state index in [-0.39, 0.29) is 11.8 Å². The van der Waals surface area contributed by atoms with Crippen LogP contribution in [0, 0.1) is 5.92 Å². The molecule has 1 heterocycles. The van der Waals surface area contributed by atoms with Gasteiger partial charge in [0, 0.05) is 29.4 Å². The first-order valence-electron chi connectivity index (χ1n) is 6.68. The maximum Gasteiger partial charge on any atom is 0.243 e. The van der Waals surface area contributed by atoms with E-state index < -0.39 is 0 Å². The number of nitrogens with zero attached hydrogens (tertiary/aromatic N) is 2. The van der Waals surface area contributed by atoms with E-state index in [1.165, 1.54) is 0 Å². The molecule has 1 fully saturated rings. The van der Waals surface area contributed by atoms with Crippen LogP contribution in [-0.4, -0.2) is 16.6 Å². The molecule has 1 aromatic carbocycles. The molecule has 1 aromatic heterocycles. The normalized spacial score (nSPS) is 14.9. The van der Waals surface area contributed by atoms with E-state index in [1.807, 2.05) is 42.5 Å². The molecule has 0 bridgehead atoms. The van der Waals surface area contributed by atoms with Crippen LogP contribution in [0.15, 0.2) is 60.0 Å². The van der Waals surface area contributed by atoms with Crippen LogP contribution in [0.3, 0.4) is 0 Å². The van der Waals surface area contributed by atoms with Crippen molar-refractivity contribution in [3.05, 3.63) is 66.0 Å². The quantitative estimate of drug-likeness (QED) is 0.681. The Bertz CT molecular complexity index is 577. The number of hydrazone groups is 1. The third-order valence-corrected chi connectivity index (χ3v) is 3.23. The first-order chi connectivity index (χ1) is 9.84. The molecule has 1 aliphatic carbocycles. The highest BCUT2D eigenvalue weighted by molar-refractivity contribution is 6.13. The minimum absolute atomic E-state index is 0.00693. The lowest BCUT2D eigenvalue weighted by Crippen LogP contribution is -2.21. The number of amides is 1. The summed E-state index contributed by atoms with van der Waals surface area (Å²) in [5.41, 5.74) is 5.32. The average Bonchev–Trinajstić information content (AvgIpc) is 3.34. The number of hydrogen-bond donors (Lipinski definition) is 1. The van der Waals surface area contributed by atoms with Gasteiger partial charge in [0.25, 0.3) is 0 Å². The topological polar surface area (TPSA) is 54.4 Å². The van der Waals surface area contributed by atoms with Crippen LogP contribution < -0.4 is 5.43 Å². The Morgan fingerprint density at radius 2 is 1.70 bits per heavy atom. The summed E-state index contributed by atoms with van der Waals surface area (Å²) in [5, 5.41) is 4.31. The summed E-state index contributed by atoms with van der Waals surface area (Å²) in [6.07, 6.45) is 5.38. The summed E-state index contributed by atoms with van der Waals surface area (Å²) in [6, 6.07) is 13.6. The number of carbonyl (C=O) groups excluding carboxylic acids is 1. The largest absolute Gasteiger partial charge is 0.273 e. The number of carbonyl (C=O) groups is 1. The molecule has 0 spiro atoms. The zero-order chi connectivity index (χ0) is 13.8. The molecule has 1 saturated carbocycles. The standard InChI is InChI=1S/C16H15N3O/c20-16(14-6-7-14)19-18-15(12-4-2-1-3-5-12)13-8-10-17-11-9-13/h1-5,8-11,14H,6-7H2,(H,19,20). The predicted molar refractivity (Wildman–Crippen MR) is 77.2 cm³/mol. The Labute approximate surface area is 117 Å². The molecular weight excluding hydrogens is 250 g/mol. The van der Waals surface area contributed by atoms with Crippen molar-refractivity contribution >= 4 is 11.6 Å². The average molecular weight is 265 g/mol. The first kappa shape index (κ1) is 12.5. The zero-order valence-corrected chi connectivity index (χ0v) is 11.0. The van der Waals surface area contributed by atoms with Crippen molar-refractivity contribution < 1.29 is 4.79 Å². The van der Waals surface area contributed by atoms with Crippen LogP contribution in [0.2, 0.25) is 0 Å². The minimum Gasteiger partial charge on any atom is -0.273 e. The van der Waals surface area contributed by atoms with Gasteiger partial charge in [0.1, 0.15) is 0 Å². The van der Waals surface area contributed by atoms with Crippen molar-refractivity contribution in [2.45, 2.75) is 12.8 Å². The van der Waals surface area contributed by atoms with Crippen molar-refractivity contribution in [2.75, 3.05) is 0 Å². The fourth-order valence-electron chi connectivity index (χ4n) is 1.95. The van der Waals surface area contributed by atoms with Gasteiger partial charge in [-0.15, -0.1) is 0 Å². The van der Waals surface area contributed by atoms with Gasteiger partial charge in [0.05, 0.1) is 5.71 Å². The number of aromatic nitrogens is 1. The number of nitrogens with one attached hydrogen (secondary N) is 1. The molecule has 4 heteroatoms. The van der Waals surface area contributed by atoms with E-state index in [2.05, 4.69) is 15.5 Å². The second-order valence-corrected chi connectivity index (χ2v) is 4.81. The number of benzene rings is 1. The van der Waals surface area contributed by atoms with Crippen LogP contribution in [0.25, 0.3) is 0 Å². The van der Waals surface area contributed by atoms with Gasteiger partial charge in [0.2, 0.25) is 5.91 Å². The van der Waals surface area contributed by atoms with Crippen molar-refractivity contribution in [2.24, 2.45) is 11.0 Å². The molecular formula is C16H15N3O. The first-order valence-corrected chi connectivity index (χ1v) is 6.68. The number of rotatable bonds is 4. The van der Waals surface area contributed by atoms with Crippen LogP contribution >= 0.6 is 0 Å². The smallest absolute Gasteiger partial charge is 0.243 e. The molecule has 2 aromatic rings. The summed E-state index contributed by atoms with van der Waals surface area (Å²) in [4.78, 5) is 15.8. The van der Waals surface area contributed by atoms with E-state index in [0.717, 1.165) is 29.7 Å². The lowest BCUT2D eigenvalue weighted by Gasteiger charge is -2.07. The number of pyridine rings is 1. The highest BCUT2D eigenvalue weighted by Crippen LogP contribution is 2.28. The summed E-state index contributed by atoms with van der Waals surface area (Å²) in [5.74, 6) is 0.153. The second kappa shape index (κ2) is 5.65. The highest BCUT2D eigenvalue weighted by atomic mass is 16.2. The molecule has 0 aliphatic heterocycles. The van der Waals surface area contributed by atoms with Gasteiger partial charge < -0.3 is 0 Å². The van der Waals surface area contributed by atoms with Gasteiger partial charge in [-0.2, -0.15) is 5.10 Å². The van der Waals surface area contributed by atoms with Gasteiger partial charge in [0.15, 0.2) is 0 Å². The van der Waals surface area contributed by atoms with Crippen LogP contribution in [0.1, 0.15) is 24.0 Å². The molecule has 0 radical (unpaired) electrons. The van der Waals surface area contributed by atoms with E-state index in [0.29, 0.717) is 0 Å². The Hall–Kier alpha value is -2.49. The lowest BCUT2D eigenvalue weighted by atomic mass is 10.0. The molecule has 4 nitrogen and oxygen atoms in total. The summed E-state index contributed by atoms with van der Waals surface area (Å²) >= 11 is 0. The maximum atomic E-state index is 11.7. The Morgan fingerprint density at radius 1 is 1.05 bits per heavy atom. The summed E-state index contributed by atoms with van der Waals surface area (Å²) in [7, 11) is 0. The SMILES string of the molecule is O=C(NN=C(c1ccccc1)c1ccncc1)C1CC1. The molecule has 0 unspecified atom stereocenters. The van der Waals surface area contributed by atoms with Crippen LogP contribution in [0.4, 0.5) is 0 Å². The van der Waals surface area contributed by atoms with Gasteiger partial charge in [-0.05, 0) is 25.0 Å². The van der Waals surface area contributed by atoms with Gasteiger partial charge >= 0.3 is 0 Å². The Kier molecular flexibility index (Phi) is 3.54. The Balaban J connectivity index is 1.91.